The van der Waals surface area contributed by atoms with E-state index in [1.54, 1.807) is 38.2 Å². The van der Waals surface area contributed by atoms with E-state index in [9.17, 15) is 0 Å². The molecule has 0 bridgehead atoms. The molecule has 0 unspecified atom stereocenters. The minimum atomic E-state index is -2.43. The average Bonchev–Trinajstić information content (AvgIpc) is 3.83. The zero-order valence-electron chi connectivity index (χ0n) is 42.5. The van der Waals surface area contributed by atoms with Crippen LogP contribution in [0.15, 0.2) is 118 Å². The number of pyridine rings is 3. The van der Waals surface area contributed by atoms with Gasteiger partial charge in [0, 0.05) is 55.6 Å². The zero-order valence-corrected chi connectivity index (χ0v) is 36.9. The van der Waals surface area contributed by atoms with Gasteiger partial charge in [-0.05, 0) is 101 Å². The molecule has 0 saturated heterocycles. The van der Waals surface area contributed by atoms with Crippen molar-refractivity contribution in [2.24, 2.45) is 5.92 Å². The smallest absolute Gasteiger partial charge is 0.121 e. The number of nitrogens with zero attached hydrogens (tertiary/aromatic N) is 3. The van der Waals surface area contributed by atoms with Gasteiger partial charge in [0.1, 0.15) is 11.2 Å². The Morgan fingerprint density at radius 3 is 2.21 bits per heavy atom. The van der Waals surface area contributed by atoms with Crippen LogP contribution in [0.4, 0.5) is 0 Å². The van der Waals surface area contributed by atoms with Crippen molar-refractivity contribution in [3.8, 4) is 33.6 Å². The number of furan rings is 2. The predicted molar refractivity (Wildman–Crippen MR) is 240 cm³/mol. The SMILES string of the molecule is [2H]C([2H])([2H])c1ccc(-c2cc(-c3[c-]ncc4c3oc3cc(C([2H])(C)C)ccc34)ncc2C([2H])([2H])[2H])cc1.[2H]C([2H])(c1cc(-c2[c-]ccc3c2oc2ccccc23)ncc1[Si](C)(C)C)C(C)C.[Ir]. The zero-order chi connectivity index (χ0) is 47.7. The number of fused-ring (bicyclic) bond motifs is 6. The topological polar surface area (TPSA) is 65.0 Å². The molecule has 0 saturated carbocycles. The van der Waals surface area contributed by atoms with E-state index >= 15 is 0 Å². The first-order chi connectivity index (χ1) is 30.8. The molecule has 5 heterocycles. The van der Waals surface area contributed by atoms with Gasteiger partial charge in [0.15, 0.2) is 0 Å². The van der Waals surface area contributed by atoms with Crippen LogP contribution >= 0.6 is 0 Å². The second-order valence-corrected chi connectivity index (χ2v) is 20.9. The van der Waals surface area contributed by atoms with Gasteiger partial charge in [-0.3, -0.25) is 0 Å². The summed E-state index contributed by atoms with van der Waals surface area (Å²) in [5.74, 6) is -0.935. The Kier molecular flexibility index (Phi) is 8.81. The van der Waals surface area contributed by atoms with Gasteiger partial charge in [0.25, 0.3) is 0 Å². The summed E-state index contributed by atoms with van der Waals surface area (Å²) in [7, 11) is -1.77. The third kappa shape index (κ3) is 8.09. The van der Waals surface area contributed by atoms with Gasteiger partial charge < -0.3 is 23.8 Å². The third-order valence-electron chi connectivity index (χ3n) is 10.0. The summed E-state index contributed by atoms with van der Waals surface area (Å²) < 4.78 is 85.1. The largest absolute Gasteiger partial charge is 0.501 e. The molecule has 4 aromatic carbocycles. The molecule has 5 aromatic heterocycles. The van der Waals surface area contributed by atoms with Gasteiger partial charge in [-0.2, -0.15) is 0 Å². The average molecular weight is 965 g/mol. The molecule has 7 heteroatoms. The van der Waals surface area contributed by atoms with Crippen LogP contribution in [0.3, 0.4) is 0 Å². The summed E-state index contributed by atoms with van der Waals surface area (Å²) in [4.78, 5) is 13.4. The molecule has 1 radical (unpaired) electrons. The van der Waals surface area contributed by atoms with Gasteiger partial charge in [0.05, 0.1) is 19.2 Å². The summed E-state index contributed by atoms with van der Waals surface area (Å²) in [6, 6.07) is 30.5. The summed E-state index contributed by atoms with van der Waals surface area (Å²) in [5, 5.41) is 4.75. The van der Waals surface area contributed by atoms with Crippen molar-refractivity contribution in [1.82, 2.24) is 15.0 Å². The number of hydrogen-bond donors (Lipinski definition) is 0. The van der Waals surface area contributed by atoms with E-state index in [2.05, 4.69) is 47.9 Å². The fourth-order valence-electron chi connectivity index (χ4n) is 7.11. The maximum Gasteiger partial charge on any atom is 0.121 e. The minimum Gasteiger partial charge on any atom is -0.501 e. The Labute approximate surface area is 369 Å². The monoisotopic (exact) mass is 965 g/mol. The molecule has 58 heavy (non-hydrogen) atoms. The second kappa shape index (κ2) is 16.6. The molecule has 0 spiro atoms. The molecule has 0 fully saturated rings. The summed E-state index contributed by atoms with van der Waals surface area (Å²) in [6.45, 7) is 9.47. The van der Waals surface area contributed by atoms with Crippen LogP contribution in [0.25, 0.3) is 77.5 Å². The summed E-state index contributed by atoms with van der Waals surface area (Å²) >= 11 is 0. The maximum atomic E-state index is 8.78. The number of aromatic nitrogens is 3. The van der Waals surface area contributed by atoms with Gasteiger partial charge in [-0.1, -0.05) is 142 Å². The maximum absolute atomic E-state index is 8.78. The molecule has 0 amide bonds. The molecule has 0 N–H and O–H groups in total. The Balaban J connectivity index is 0.000000202. The van der Waals surface area contributed by atoms with Gasteiger partial charge in [0.2, 0.25) is 0 Å². The number of para-hydroxylation sites is 1. The van der Waals surface area contributed by atoms with E-state index in [4.69, 9.17) is 26.2 Å². The van der Waals surface area contributed by atoms with Crippen molar-refractivity contribution < 1.29 is 41.3 Å². The number of benzene rings is 4. The van der Waals surface area contributed by atoms with E-state index in [1.807, 2.05) is 74.6 Å². The second-order valence-electron chi connectivity index (χ2n) is 15.9. The first-order valence-corrected chi connectivity index (χ1v) is 22.5. The molecule has 9 rings (SSSR count). The van der Waals surface area contributed by atoms with Gasteiger partial charge in [-0.25, -0.2) is 0 Å². The van der Waals surface area contributed by atoms with E-state index < -0.39 is 34.0 Å². The molecule has 5 nitrogen and oxygen atoms in total. The number of aryl methyl sites for hydroxylation is 2. The van der Waals surface area contributed by atoms with E-state index in [0.717, 1.165) is 54.6 Å². The van der Waals surface area contributed by atoms with Crippen LogP contribution in [-0.4, -0.2) is 23.0 Å². The fraction of sp³-hybridized carbons (Fsp3) is 0.235. The Morgan fingerprint density at radius 1 is 0.741 bits per heavy atom. The minimum absolute atomic E-state index is 0. The number of hydrogen-bond acceptors (Lipinski definition) is 5. The molecular weight excluding hydrogens is 907 g/mol. The van der Waals surface area contributed by atoms with Crippen molar-refractivity contribution in [2.45, 2.75) is 73.3 Å². The Morgan fingerprint density at radius 2 is 1.47 bits per heavy atom. The molecular formula is C51H49IrN3O2Si-2. The van der Waals surface area contributed by atoms with Gasteiger partial charge in [-0.15, -0.1) is 18.2 Å². The van der Waals surface area contributed by atoms with Crippen LogP contribution < -0.4 is 5.19 Å². The molecule has 9 aromatic rings. The van der Waals surface area contributed by atoms with Crippen LogP contribution in [-0.2, 0) is 26.5 Å². The van der Waals surface area contributed by atoms with E-state index in [0.29, 0.717) is 39.2 Å². The van der Waals surface area contributed by atoms with Crippen molar-refractivity contribution in [1.29, 1.82) is 0 Å². The molecule has 0 aliphatic carbocycles. The Bertz CT molecular complexity index is 3270. The van der Waals surface area contributed by atoms with E-state index in [1.165, 1.54) is 18.3 Å². The first-order valence-electron chi connectivity index (χ1n) is 23.5. The normalized spacial score (nSPS) is 14.9. The Hall–Kier alpha value is -5.20. The van der Waals surface area contributed by atoms with Crippen molar-refractivity contribution in [3.05, 3.63) is 144 Å². The van der Waals surface area contributed by atoms with Crippen LogP contribution in [0, 0.1) is 31.9 Å². The van der Waals surface area contributed by atoms with E-state index in [-0.39, 0.29) is 37.2 Å². The van der Waals surface area contributed by atoms with Crippen LogP contribution in [0.2, 0.25) is 19.6 Å². The first kappa shape index (κ1) is 30.8. The van der Waals surface area contributed by atoms with Crippen molar-refractivity contribution in [3.63, 3.8) is 0 Å². The fourth-order valence-corrected chi connectivity index (χ4v) is 8.51. The molecule has 295 valence electrons. The van der Waals surface area contributed by atoms with Crippen LogP contribution in [0.5, 0.6) is 0 Å². The quantitative estimate of drug-likeness (QED) is 0.118. The number of rotatable bonds is 7. The summed E-state index contributed by atoms with van der Waals surface area (Å²) in [5.41, 5.74) is 7.79. The third-order valence-corrected chi connectivity index (χ3v) is 12.0. The van der Waals surface area contributed by atoms with Crippen molar-refractivity contribution >= 4 is 57.1 Å². The van der Waals surface area contributed by atoms with Crippen LogP contribution in [0.1, 0.15) is 68.2 Å². The van der Waals surface area contributed by atoms with Gasteiger partial charge >= 0.3 is 0 Å². The summed E-state index contributed by atoms with van der Waals surface area (Å²) in [6.07, 6.45) is 6.35. The standard InChI is InChI=1S/C27H23N2O.C24H26NOSi.Ir/c1-16(2)20-9-10-21-23-14-28-15-24(27(23)30-26(21)11-20)25-12-22(18(4)13-29-25)19-7-5-17(3)6-8-19;1-16(2)13-17-14-21(25-15-23(17)27(3,4)5)20-11-8-10-19-18-9-6-7-12-22(18)26-24(19)20;/h5-14,16H,1-4H3;6-10,12,14-16H,13H2,1-5H3;/q2*-1;/i3D3,4D3,16D;13D2;. The predicted octanol–water partition coefficient (Wildman–Crippen LogP) is 13.4. The molecule has 0 aliphatic heterocycles. The molecule has 0 aliphatic rings. The molecule has 0 atom stereocenters. The van der Waals surface area contributed by atoms with Crippen molar-refractivity contribution in [2.75, 3.05) is 0 Å².